The summed E-state index contributed by atoms with van der Waals surface area (Å²) < 4.78 is 6.19. The molecule has 3 aliphatic heterocycles. The van der Waals surface area contributed by atoms with Gasteiger partial charge < -0.3 is 24.8 Å². The second-order valence-corrected chi connectivity index (χ2v) is 10.3. The van der Waals surface area contributed by atoms with E-state index in [0.29, 0.717) is 12.6 Å². The highest BCUT2D eigenvalue weighted by molar-refractivity contribution is 5.93. The number of benzene rings is 1. The first-order valence-electron chi connectivity index (χ1n) is 13.6. The maximum Gasteiger partial charge on any atom is 0.318 e. The molecule has 0 amide bonds. The van der Waals surface area contributed by atoms with Crippen molar-refractivity contribution in [2.45, 2.75) is 45.6 Å². The third kappa shape index (κ3) is 4.86. The van der Waals surface area contributed by atoms with Crippen LogP contribution < -0.4 is 19.9 Å². The van der Waals surface area contributed by atoms with Gasteiger partial charge in [-0.3, -0.25) is 5.10 Å². The molecular formula is C27H38N8O. The van der Waals surface area contributed by atoms with Crippen molar-refractivity contribution in [2.24, 2.45) is 0 Å². The van der Waals surface area contributed by atoms with Gasteiger partial charge in [0.25, 0.3) is 0 Å². The molecule has 0 spiro atoms. The molecule has 2 fully saturated rings. The Morgan fingerprint density at radius 1 is 0.972 bits per heavy atom. The average Bonchev–Trinajstić information content (AvgIpc) is 3.40. The van der Waals surface area contributed by atoms with Gasteiger partial charge in [-0.1, -0.05) is 12.5 Å². The Bertz CT molecular complexity index is 1180. The number of anilines is 2. The molecule has 0 unspecified atom stereocenters. The quantitative estimate of drug-likeness (QED) is 0.489. The highest BCUT2D eigenvalue weighted by Gasteiger charge is 2.28. The minimum Gasteiger partial charge on any atom is -0.463 e. The number of rotatable bonds is 7. The van der Waals surface area contributed by atoms with Crippen molar-refractivity contribution in [3.05, 3.63) is 35.2 Å². The number of hydrogen-bond donors (Lipinski definition) is 2. The van der Waals surface area contributed by atoms with E-state index in [0.717, 1.165) is 75.7 Å². The number of likely N-dealkylation sites (tertiary alicyclic amines) is 1. The smallest absolute Gasteiger partial charge is 0.318 e. The number of aromatic amines is 1. The lowest BCUT2D eigenvalue weighted by molar-refractivity contribution is 0.200. The van der Waals surface area contributed by atoms with Gasteiger partial charge >= 0.3 is 6.01 Å². The molecule has 0 radical (unpaired) electrons. The minimum atomic E-state index is 0.529. The Morgan fingerprint density at radius 3 is 2.69 bits per heavy atom. The van der Waals surface area contributed by atoms with E-state index >= 15 is 0 Å². The number of hydrogen-bond acceptors (Lipinski definition) is 8. The fourth-order valence-electron chi connectivity index (χ4n) is 5.95. The summed E-state index contributed by atoms with van der Waals surface area (Å²) >= 11 is 0. The maximum atomic E-state index is 6.19. The van der Waals surface area contributed by atoms with Crippen LogP contribution in [0.5, 0.6) is 6.01 Å². The zero-order valence-electron chi connectivity index (χ0n) is 21.4. The molecule has 36 heavy (non-hydrogen) atoms. The third-order valence-corrected chi connectivity index (χ3v) is 7.85. The monoisotopic (exact) mass is 490 g/mol. The fourth-order valence-corrected chi connectivity index (χ4v) is 5.95. The van der Waals surface area contributed by atoms with Gasteiger partial charge in [-0.05, 0) is 57.3 Å². The molecule has 6 rings (SSSR count). The van der Waals surface area contributed by atoms with Crippen LogP contribution in [0.1, 0.15) is 42.5 Å². The van der Waals surface area contributed by atoms with Crippen LogP contribution in [0.15, 0.2) is 18.3 Å². The SMILES string of the molecule is Cc1ccc2[nH]ncc2c1N1CCc2c(nc(OCCCN3CCCCC3)nc2N2CCNCC2)C1. The van der Waals surface area contributed by atoms with Crippen LogP contribution in [-0.4, -0.2) is 84.0 Å². The number of piperazine rings is 1. The summed E-state index contributed by atoms with van der Waals surface area (Å²) in [5, 5.41) is 12.0. The van der Waals surface area contributed by atoms with E-state index in [1.807, 2.05) is 6.20 Å². The molecule has 0 atom stereocenters. The number of aryl methyl sites for hydroxylation is 1. The summed E-state index contributed by atoms with van der Waals surface area (Å²) in [5.74, 6) is 1.07. The lowest BCUT2D eigenvalue weighted by Crippen LogP contribution is -2.45. The first kappa shape index (κ1) is 23.5. The first-order chi connectivity index (χ1) is 17.8. The van der Waals surface area contributed by atoms with Crippen molar-refractivity contribution in [3.8, 4) is 6.01 Å². The number of H-pyrrole nitrogens is 1. The van der Waals surface area contributed by atoms with Crippen molar-refractivity contribution in [2.75, 3.05) is 68.8 Å². The zero-order chi connectivity index (χ0) is 24.3. The fraction of sp³-hybridized carbons (Fsp3) is 0.593. The molecule has 192 valence electrons. The van der Waals surface area contributed by atoms with Crippen LogP contribution in [0.2, 0.25) is 0 Å². The van der Waals surface area contributed by atoms with Crippen molar-refractivity contribution < 1.29 is 4.74 Å². The molecular weight excluding hydrogens is 452 g/mol. The van der Waals surface area contributed by atoms with E-state index in [1.54, 1.807) is 0 Å². The van der Waals surface area contributed by atoms with Gasteiger partial charge in [0.15, 0.2) is 0 Å². The van der Waals surface area contributed by atoms with Gasteiger partial charge in [0.05, 0.1) is 36.2 Å². The molecule has 3 aromatic rings. The number of ether oxygens (including phenoxy) is 1. The summed E-state index contributed by atoms with van der Waals surface area (Å²) in [5.41, 5.74) is 5.96. The van der Waals surface area contributed by atoms with E-state index in [-0.39, 0.29) is 0 Å². The summed E-state index contributed by atoms with van der Waals surface area (Å²) in [4.78, 5) is 17.4. The van der Waals surface area contributed by atoms with Gasteiger partial charge in [-0.15, -0.1) is 0 Å². The predicted octanol–water partition coefficient (Wildman–Crippen LogP) is 2.89. The van der Waals surface area contributed by atoms with Gasteiger partial charge in [-0.2, -0.15) is 15.1 Å². The van der Waals surface area contributed by atoms with Crippen molar-refractivity contribution in [3.63, 3.8) is 0 Å². The summed E-state index contributed by atoms with van der Waals surface area (Å²) in [7, 11) is 0. The second-order valence-electron chi connectivity index (χ2n) is 10.3. The Labute approximate surface area is 213 Å². The first-order valence-corrected chi connectivity index (χ1v) is 13.6. The molecule has 5 heterocycles. The summed E-state index contributed by atoms with van der Waals surface area (Å²) in [6, 6.07) is 4.81. The molecule has 0 aliphatic carbocycles. The number of fused-ring (bicyclic) bond motifs is 2. The van der Waals surface area contributed by atoms with E-state index in [2.05, 4.69) is 49.3 Å². The van der Waals surface area contributed by atoms with Crippen LogP contribution in [0.4, 0.5) is 11.5 Å². The number of aromatic nitrogens is 4. The Balaban J connectivity index is 1.24. The Hall–Kier alpha value is -2.91. The summed E-state index contributed by atoms with van der Waals surface area (Å²) in [6.45, 7) is 12.0. The van der Waals surface area contributed by atoms with Crippen molar-refractivity contribution in [1.29, 1.82) is 0 Å². The van der Waals surface area contributed by atoms with E-state index < -0.39 is 0 Å². The molecule has 9 nitrogen and oxygen atoms in total. The predicted molar refractivity (Wildman–Crippen MR) is 143 cm³/mol. The number of piperidine rings is 1. The Kier molecular flexibility index (Phi) is 6.92. The molecule has 9 heteroatoms. The second kappa shape index (κ2) is 10.6. The summed E-state index contributed by atoms with van der Waals surface area (Å²) in [6.07, 6.45) is 7.90. The largest absolute Gasteiger partial charge is 0.463 e. The minimum absolute atomic E-state index is 0.529. The van der Waals surface area contributed by atoms with Crippen LogP contribution in [0.25, 0.3) is 10.9 Å². The number of nitrogens with zero attached hydrogens (tertiary/aromatic N) is 6. The van der Waals surface area contributed by atoms with E-state index in [4.69, 9.17) is 14.7 Å². The average molecular weight is 491 g/mol. The Morgan fingerprint density at radius 2 is 1.83 bits per heavy atom. The zero-order valence-corrected chi connectivity index (χ0v) is 21.4. The van der Waals surface area contributed by atoms with Crippen molar-refractivity contribution >= 4 is 22.4 Å². The molecule has 2 aromatic heterocycles. The van der Waals surface area contributed by atoms with Gasteiger partial charge in [0.2, 0.25) is 0 Å². The number of nitrogens with one attached hydrogen (secondary N) is 2. The van der Waals surface area contributed by atoms with Crippen molar-refractivity contribution in [1.82, 2.24) is 30.4 Å². The third-order valence-electron chi connectivity index (χ3n) is 7.85. The lowest BCUT2D eigenvalue weighted by Gasteiger charge is -2.35. The van der Waals surface area contributed by atoms with Gasteiger partial charge in [-0.25, -0.2) is 0 Å². The highest BCUT2D eigenvalue weighted by atomic mass is 16.5. The molecule has 2 N–H and O–H groups in total. The van der Waals surface area contributed by atoms with Crippen LogP contribution >= 0.6 is 0 Å². The van der Waals surface area contributed by atoms with E-state index in [1.165, 1.54) is 54.6 Å². The molecule has 0 bridgehead atoms. The maximum absolute atomic E-state index is 6.19. The van der Waals surface area contributed by atoms with Gasteiger partial charge in [0, 0.05) is 50.2 Å². The van der Waals surface area contributed by atoms with Crippen LogP contribution in [0, 0.1) is 6.92 Å². The normalized spacial score (nSPS) is 19.0. The molecule has 0 saturated carbocycles. The van der Waals surface area contributed by atoms with Crippen LogP contribution in [-0.2, 0) is 13.0 Å². The molecule has 3 aliphatic rings. The van der Waals surface area contributed by atoms with Crippen LogP contribution in [0.3, 0.4) is 0 Å². The lowest BCUT2D eigenvalue weighted by atomic mass is 10.0. The van der Waals surface area contributed by atoms with E-state index in [9.17, 15) is 0 Å². The van der Waals surface area contributed by atoms with Gasteiger partial charge in [0.1, 0.15) is 5.82 Å². The molecule has 2 saturated heterocycles. The highest BCUT2D eigenvalue weighted by Crippen LogP contribution is 2.35. The molecule has 1 aromatic carbocycles. The topological polar surface area (TPSA) is 85.4 Å². The standard InChI is InChI=1S/C27H38N8O/c1-20-6-7-23-22(18-29-32-23)25(20)35-14-8-21-24(19-35)30-27(31-26(21)34-15-9-28-10-16-34)36-17-5-13-33-11-3-2-4-12-33/h6-7,18,28H,2-5,8-17,19H2,1H3,(H,29,32).